The van der Waals surface area contributed by atoms with Gasteiger partial charge >= 0.3 is 0 Å². The lowest BCUT2D eigenvalue weighted by Crippen LogP contribution is -2.00. The first-order valence-electron chi connectivity index (χ1n) is 5.95. The van der Waals surface area contributed by atoms with Crippen LogP contribution in [0.1, 0.15) is 15.4 Å². The van der Waals surface area contributed by atoms with Gasteiger partial charge in [0.05, 0.1) is 17.3 Å². The summed E-state index contributed by atoms with van der Waals surface area (Å²) in [5.74, 6) is 0.744. The predicted octanol–water partition coefficient (Wildman–Crippen LogP) is 3.24. The molecule has 0 aliphatic heterocycles. The number of ether oxygens (including phenoxy) is 1. The molecule has 5 heteroatoms. The van der Waals surface area contributed by atoms with Gasteiger partial charge in [0.1, 0.15) is 11.5 Å². The largest absolute Gasteiger partial charge is 0.508 e. The highest BCUT2D eigenvalue weighted by Crippen LogP contribution is 2.27. The van der Waals surface area contributed by atoms with Crippen LogP contribution in [0, 0.1) is 0 Å². The summed E-state index contributed by atoms with van der Waals surface area (Å²) in [5, 5.41) is 9.85. The Morgan fingerprint density at radius 3 is 2.65 bits per heavy atom. The first kappa shape index (κ1) is 12.6. The maximum absolute atomic E-state index is 12.3. The van der Waals surface area contributed by atoms with E-state index in [0.29, 0.717) is 21.8 Å². The lowest BCUT2D eigenvalue weighted by atomic mass is 10.1. The van der Waals surface area contributed by atoms with E-state index >= 15 is 0 Å². The topological polar surface area (TPSA) is 59.4 Å². The van der Waals surface area contributed by atoms with E-state index in [1.54, 1.807) is 49.6 Å². The fourth-order valence-electron chi connectivity index (χ4n) is 1.88. The Hall–Kier alpha value is -2.40. The van der Waals surface area contributed by atoms with Gasteiger partial charge in [0, 0.05) is 5.56 Å². The average Bonchev–Trinajstić information content (AvgIpc) is 2.89. The highest BCUT2D eigenvalue weighted by Gasteiger charge is 2.14. The van der Waals surface area contributed by atoms with Crippen LogP contribution < -0.4 is 4.74 Å². The third-order valence-electron chi connectivity index (χ3n) is 2.92. The van der Waals surface area contributed by atoms with E-state index in [-0.39, 0.29) is 11.5 Å². The second-order valence-corrected chi connectivity index (χ2v) is 5.26. The number of nitrogens with zero attached hydrogens (tertiary/aromatic N) is 1. The minimum absolute atomic E-state index is 0.131. The molecule has 20 heavy (non-hydrogen) atoms. The first-order valence-corrected chi connectivity index (χ1v) is 6.77. The van der Waals surface area contributed by atoms with Crippen molar-refractivity contribution >= 4 is 27.3 Å². The van der Waals surface area contributed by atoms with Gasteiger partial charge in [0.25, 0.3) is 0 Å². The molecule has 0 unspecified atom stereocenters. The van der Waals surface area contributed by atoms with Crippen LogP contribution in [0.4, 0.5) is 0 Å². The lowest BCUT2D eigenvalue weighted by Gasteiger charge is -2.00. The third-order valence-corrected chi connectivity index (χ3v) is 3.94. The highest BCUT2D eigenvalue weighted by molar-refractivity contribution is 7.20. The summed E-state index contributed by atoms with van der Waals surface area (Å²) >= 11 is 1.27. The molecule has 0 aliphatic rings. The zero-order chi connectivity index (χ0) is 14.1. The van der Waals surface area contributed by atoms with Crippen molar-refractivity contribution < 1.29 is 14.6 Å². The standard InChI is InChI=1S/C15H11NO3S/c1-19-11-5-2-9(3-6-11)14(18)15-16-12-7-4-10(17)8-13(12)20-15/h2-8,17H,1H3. The number of thiazole rings is 1. The molecule has 0 saturated heterocycles. The second kappa shape index (κ2) is 4.94. The van der Waals surface area contributed by atoms with Crippen molar-refractivity contribution in [3.63, 3.8) is 0 Å². The van der Waals surface area contributed by atoms with Gasteiger partial charge < -0.3 is 9.84 Å². The molecule has 0 aliphatic carbocycles. The lowest BCUT2D eigenvalue weighted by molar-refractivity contribution is 0.103. The Balaban J connectivity index is 1.98. The summed E-state index contributed by atoms with van der Waals surface area (Å²) in [5.41, 5.74) is 1.28. The molecule has 0 saturated carbocycles. The van der Waals surface area contributed by atoms with Crippen LogP contribution in [-0.2, 0) is 0 Å². The minimum atomic E-state index is -0.131. The van der Waals surface area contributed by atoms with Gasteiger partial charge in [-0.1, -0.05) is 0 Å². The van der Waals surface area contributed by atoms with Crippen LogP contribution in [0.25, 0.3) is 10.2 Å². The molecule has 0 bridgehead atoms. The number of ketones is 1. The molecule has 3 rings (SSSR count). The molecule has 0 spiro atoms. The van der Waals surface area contributed by atoms with Crippen LogP contribution in [0.2, 0.25) is 0 Å². The molecule has 0 amide bonds. The Bertz CT molecular complexity index is 777. The van der Waals surface area contributed by atoms with Crippen LogP contribution >= 0.6 is 11.3 Å². The molecule has 0 radical (unpaired) electrons. The number of aromatic nitrogens is 1. The number of phenols is 1. The molecule has 100 valence electrons. The van der Waals surface area contributed by atoms with Gasteiger partial charge in [-0.15, -0.1) is 11.3 Å². The number of carbonyl (C=O) groups is 1. The number of methoxy groups -OCH3 is 1. The summed E-state index contributed by atoms with van der Waals surface area (Å²) in [6.07, 6.45) is 0. The van der Waals surface area contributed by atoms with Crippen molar-refractivity contribution in [2.45, 2.75) is 0 Å². The fourth-order valence-corrected chi connectivity index (χ4v) is 2.84. The molecular formula is C15H11NO3S. The van der Waals surface area contributed by atoms with Crippen molar-refractivity contribution in [2.24, 2.45) is 0 Å². The number of hydrogen-bond acceptors (Lipinski definition) is 5. The van der Waals surface area contributed by atoms with Gasteiger partial charge in [-0.05, 0) is 42.5 Å². The average molecular weight is 285 g/mol. The maximum atomic E-state index is 12.3. The monoisotopic (exact) mass is 285 g/mol. The fraction of sp³-hybridized carbons (Fsp3) is 0.0667. The van der Waals surface area contributed by atoms with E-state index in [1.807, 2.05) is 0 Å². The summed E-state index contributed by atoms with van der Waals surface area (Å²) < 4.78 is 5.86. The maximum Gasteiger partial charge on any atom is 0.221 e. The number of fused-ring (bicyclic) bond motifs is 1. The van der Waals surface area contributed by atoms with Crippen LogP contribution in [0.5, 0.6) is 11.5 Å². The van der Waals surface area contributed by atoms with Crippen LogP contribution in [-0.4, -0.2) is 23.0 Å². The quantitative estimate of drug-likeness (QED) is 0.750. The van der Waals surface area contributed by atoms with Crippen LogP contribution in [0.15, 0.2) is 42.5 Å². The first-order chi connectivity index (χ1) is 9.67. The van der Waals surface area contributed by atoms with Gasteiger partial charge in [-0.25, -0.2) is 4.98 Å². The summed E-state index contributed by atoms with van der Waals surface area (Å²) in [6, 6.07) is 11.8. The summed E-state index contributed by atoms with van der Waals surface area (Å²) in [7, 11) is 1.58. The Labute approximate surface area is 119 Å². The molecule has 1 N–H and O–H groups in total. The zero-order valence-electron chi connectivity index (χ0n) is 10.7. The van der Waals surface area contributed by atoms with Crippen molar-refractivity contribution in [2.75, 3.05) is 7.11 Å². The third kappa shape index (κ3) is 2.23. The number of aromatic hydroxyl groups is 1. The number of hydrogen-bond donors (Lipinski definition) is 1. The smallest absolute Gasteiger partial charge is 0.221 e. The predicted molar refractivity (Wildman–Crippen MR) is 77.7 cm³/mol. The van der Waals surface area contributed by atoms with E-state index in [2.05, 4.69) is 4.98 Å². The van der Waals surface area contributed by atoms with Gasteiger partial charge in [-0.2, -0.15) is 0 Å². The second-order valence-electron chi connectivity index (χ2n) is 4.23. The molecule has 1 heterocycles. The van der Waals surface area contributed by atoms with E-state index in [1.165, 1.54) is 11.3 Å². The Morgan fingerprint density at radius 2 is 1.95 bits per heavy atom. The molecule has 4 nitrogen and oxygen atoms in total. The van der Waals surface area contributed by atoms with Gasteiger partial charge in [0.2, 0.25) is 5.78 Å². The normalized spacial score (nSPS) is 10.7. The number of benzene rings is 2. The Kier molecular flexibility index (Phi) is 3.12. The van der Waals surface area contributed by atoms with E-state index in [0.717, 1.165) is 4.70 Å². The summed E-state index contributed by atoms with van der Waals surface area (Å²) in [4.78, 5) is 16.6. The van der Waals surface area contributed by atoms with Crippen LogP contribution in [0.3, 0.4) is 0 Å². The number of carbonyl (C=O) groups excluding carboxylic acids is 1. The van der Waals surface area contributed by atoms with Crippen molar-refractivity contribution in [3.8, 4) is 11.5 Å². The number of rotatable bonds is 3. The van der Waals surface area contributed by atoms with E-state index < -0.39 is 0 Å². The Morgan fingerprint density at radius 1 is 1.20 bits per heavy atom. The highest BCUT2D eigenvalue weighted by atomic mass is 32.1. The molecule has 3 aromatic rings. The molecule has 2 aromatic carbocycles. The molecule has 0 fully saturated rings. The molecule has 1 aromatic heterocycles. The molecule has 0 atom stereocenters. The molecular weight excluding hydrogens is 274 g/mol. The zero-order valence-corrected chi connectivity index (χ0v) is 11.5. The number of phenolic OH excluding ortho intramolecular Hbond substituents is 1. The van der Waals surface area contributed by atoms with Crippen molar-refractivity contribution in [1.29, 1.82) is 0 Å². The minimum Gasteiger partial charge on any atom is -0.508 e. The van der Waals surface area contributed by atoms with Crippen molar-refractivity contribution in [3.05, 3.63) is 53.0 Å². The van der Waals surface area contributed by atoms with E-state index in [4.69, 9.17) is 4.74 Å². The van der Waals surface area contributed by atoms with E-state index in [9.17, 15) is 9.90 Å². The van der Waals surface area contributed by atoms with Crippen molar-refractivity contribution in [1.82, 2.24) is 4.98 Å². The summed E-state index contributed by atoms with van der Waals surface area (Å²) in [6.45, 7) is 0. The van der Waals surface area contributed by atoms with Gasteiger partial charge in [-0.3, -0.25) is 4.79 Å². The van der Waals surface area contributed by atoms with Gasteiger partial charge in [0.15, 0.2) is 5.01 Å². The SMILES string of the molecule is COc1ccc(C(=O)c2nc3ccc(O)cc3s2)cc1.